The molecule has 0 fully saturated rings. The zero-order valence-electron chi connectivity index (χ0n) is 11.7. The van der Waals surface area contributed by atoms with Crippen molar-refractivity contribution in [3.8, 4) is 16.9 Å². The van der Waals surface area contributed by atoms with E-state index in [2.05, 4.69) is 0 Å². The van der Waals surface area contributed by atoms with Gasteiger partial charge in [-0.3, -0.25) is 0 Å². The lowest BCUT2D eigenvalue weighted by molar-refractivity contribution is 0.416. The van der Waals surface area contributed by atoms with Crippen molar-refractivity contribution in [2.45, 2.75) is 6.42 Å². The standard InChI is InChI=1S/C17H16FNO2/c1-20-16-5-3-2-4-14(16)15-10-12(18)8-11-9-13(6-7-19)21-17(11)15/h2-5,8-10H,6-7,19H2,1H3. The van der Waals surface area contributed by atoms with Crippen LogP contribution in [0.3, 0.4) is 0 Å². The average molecular weight is 285 g/mol. The molecule has 0 aliphatic rings. The van der Waals surface area contributed by atoms with Gasteiger partial charge in [-0.15, -0.1) is 0 Å². The van der Waals surface area contributed by atoms with Crippen molar-refractivity contribution in [2.24, 2.45) is 5.73 Å². The average Bonchev–Trinajstić information content (AvgIpc) is 2.89. The molecule has 4 heteroatoms. The second-order valence-corrected chi connectivity index (χ2v) is 4.82. The summed E-state index contributed by atoms with van der Waals surface area (Å²) in [5, 5.41) is 0.736. The van der Waals surface area contributed by atoms with Crippen LogP contribution in [-0.2, 0) is 6.42 Å². The zero-order valence-corrected chi connectivity index (χ0v) is 11.7. The van der Waals surface area contributed by atoms with Crippen LogP contribution in [0.15, 0.2) is 46.9 Å². The third-order valence-electron chi connectivity index (χ3n) is 3.42. The summed E-state index contributed by atoms with van der Waals surface area (Å²) in [5.74, 6) is 1.14. The van der Waals surface area contributed by atoms with Gasteiger partial charge in [-0.2, -0.15) is 0 Å². The molecule has 0 aliphatic heterocycles. The van der Waals surface area contributed by atoms with Crippen molar-refractivity contribution in [3.63, 3.8) is 0 Å². The summed E-state index contributed by atoms with van der Waals surface area (Å²) < 4.78 is 25.1. The Bertz CT molecular complexity index is 780. The normalized spacial score (nSPS) is 11.0. The number of nitrogens with two attached hydrogens (primary N) is 1. The highest BCUT2D eigenvalue weighted by Gasteiger charge is 2.15. The zero-order chi connectivity index (χ0) is 14.8. The van der Waals surface area contributed by atoms with Crippen LogP contribution in [0, 0.1) is 5.82 Å². The first-order valence-electron chi connectivity index (χ1n) is 6.78. The Morgan fingerprint density at radius 1 is 1.14 bits per heavy atom. The second kappa shape index (κ2) is 5.58. The molecule has 0 unspecified atom stereocenters. The number of furan rings is 1. The summed E-state index contributed by atoms with van der Waals surface area (Å²) in [4.78, 5) is 0. The van der Waals surface area contributed by atoms with E-state index in [1.54, 1.807) is 7.11 Å². The van der Waals surface area contributed by atoms with Gasteiger partial charge >= 0.3 is 0 Å². The number of rotatable bonds is 4. The van der Waals surface area contributed by atoms with E-state index in [0.717, 1.165) is 16.7 Å². The lowest BCUT2D eigenvalue weighted by Crippen LogP contribution is -2.01. The molecule has 0 saturated carbocycles. The largest absolute Gasteiger partial charge is 0.496 e. The lowest BCUT2D eigenvalue weighted by atomic mass is 10.0. The van der Waals surface area contributed by atoms with Crippen molar-refractivity contribution in [1.29, 1.82) is 0 Å². The second-order valence-electron chi connectivity index (χ2n) is 4.82. The fourth-order valence-electron chi connectivity index (χ4n) is 2.50. The Morgan fingerprint density at radius 2 is 1.95 bits per heavy atom. The van der Waals surface area contributed by atoms with Crippen LogP contribution >= 0.6 is 0 Å². The Balaban J connectivity index is 2.25. The number of halogens is 1. The molecule has 0 bridgehead atoms. The Labute approximate surface area is 122 Å². The fourth-order valence-corrected chi connectivity index (χ4v) is 2.50. The van der Waals surface area contributed by atoms with Crippen molar-refractivity contribution in [3.05, 3.63) is 54.0 Å². The molecule has 21 heavy (non-hydrogen) atoms. The van der Waals surface area contributed by atoms with Crippen LogP contribution in [0.1, 0.15) is 5.76 Å². The fraction of sp³-hybridized carbons (Fsp3) is 0.176. The van der Waals surface area contributed by atoms with Gasteiger partial charge in [-0.25, -0.2) is 4.39 Å². The van der Waals surface area contributed by atoms with E-state index in [-0.39, 0.29) is 5.82 Å². The summed E-state index contributed by atoms with van der Waals surface area (Å²) in [5.41, 5.74) is 7.70. The van der Waals surface area contributed by atoms with Crippen LogP contribution in [0.4, 0.5) is 4.39 Å². The highest BCUT2D eigenvalue weighted by molar-refractivity contribution is 5.94. The molecule has 0 amide bonds. The summed E-state index contributed by atoms with van der Waals surface area (Å²) in [6.07, 6.45) is 0.627. The Kier molecular flexibility index (Phi) is 3.62. The van der Waals surface area contributed by atoms with Crippen molar-refractivity contribution in [2.75, 3.05) is 13.7 Å². The summed E-state index contributed by atoms with van der Waals surface area (Å²) in [6.45, 7) is 0.492. The summed E-state index contributed by atoms with van der Waals surface area (Å²) in [6, 6.07) is 12.3. The van der Waals surface area contributed by atoms with Gasteiger partial charge in [0.15, 0.2) is 0 Å². The van der Waals surface area contributed by atoms with Crippen molar-refractivity contribution < 1.29 is 13.5 Å². The molecule has 0 saturated heterocycles. The Morgan fingerprint density at radius 3 is 2.71 bits per heavy atom. The van der Waals surface area contributed by atoms with Crippen LogP contribution in [0.25, 0.3) is 22.1 Å². The van der Waals surface area contributed by atoms with Gasteiger partial charge < -0.3 is 14.9 Å². The van der Waals surface area contributed by atoms with Gasteiger partial charge in [-0.1, -0.05) is 18.2 Å². The summed E-state index contributed by atoms with van der Waals surface area (Å²) >= 11 is 0. The van der Waals surface area contributed by atoms with Crippen LogP contribution < -0.4 is 10.5 Å². The van der Waals surface area contributed by atoms with E-state index < -0.39 is 0 Å². The van der Waals surface area contributed by atoms with Gasteiger partial charge in [-0.05, 0) is 30.8 Å². The molecule has 1 aromatic heterocycles. The third-order valence-corrected chi connectivity index (χ3v) is 3.42. The van der Waals surface area contributed by atoms with Gasteiger partial charge in [0.2, 0.25) is 0 Å². The van der Waals surface area contributed by atoms with Crippen molar-refractivity contribution >= 4 is 11.0 Å². The highest BCUT2D eigenvalue weighted by atomic mass is 19.1. The third kappa shape index (κ3) is 2.50. The van der Waals surface area contributed by atoms with E-state index in [4.69, 9.17) is 14.9 Å². The van der Waals surface area contributed by atoms with Crippen LogP contribution in [0.2, 0.25) is 0 Å². The molecule has 0 aliphatic carbocycles. The SMILES string of the molecule is COc1ccccc1-c1cc(F)cc2cc(CCN)oc12. The minimum absolute atomic E-state index is 0.302. The van der Waals surface area contributed by atoms with E-state index in [9.17, 15) is 4.39 Å². The molecule has 0 spiro atoms. The van der Waals surface area contributed by atoms with Gasteiger partial charge in [0, 0.05) is 22.9 Å². The molecule has 3 nitrogen and oxygen atoms in total. The number of methoxy groups -OCH3 is 1. The quantitative estimate of drug-likeness (QED) is 0.794. The maximum absolute atomic E-state index is 13.9. The predicted molar refractivity (Wildman–Crippen MR) is 80.9 cm³/mol. The predicted octanol–water partition coefficient (Wildman–Crippen LogP) is 3.75. The molecule has 2 aromatic carbocycles. The molecular formula is C17H16FNO2. The number of para-hydroxylation sites is 1. The number of ether oxygens (including phenoxy) is 1. The van der Waals surface area contributed by atoms with E-state index in [0.29, 0.717) is 29.9 Å². The number of benzene rings is 2. The topological polar surface area (TPSA) is 48.4 Å². The van der Waals surface area contributed by atoms with E-state index in [1.165, 1.54) is 12.1 Å². The van der Waals surface area contributed by atoms with Gasteiger partial charge in [0.05, 0.1) is 7.11 Å². The van der Waals surface area contributed by atoms with Crippen molar-refractivity contribution in [1.82, 2.24) is 0 Å². The molecule has 0 radical (unpaired) electrons. The van der Waals surface area contributed by atoms with Crippen LogP contribution in [-0.4, -0.2) is 13.7 Å². The number of fused-ring (bicyclic) bond motifs is 1. The minimum atomic E-state index is -0.302. The van der Waals surface area contributed by atoms with Gasteiger partial charge in [0.1, 0.15) is 22.9 Å². The monoisotopic (exact) mass is 285 g/mol. The number of hydrogen-bond acceptors (Lipinski definition) is 3. The maximum Gasteiger partial charge on any atom is 0.142 e. The maximum atomic E-state index is 13.9. The number of hydrogen-bond donors (Lipinski definition) is 1. The van der Waals surface area contributed by atoms with Crippen LogP contribution in [0.5, 0.6) is 5.75 Å². The molecule has 3 rings (SSSR count). The van der Waals surface area contributed by atoms with E-state index in [1.807, 2.05) is 30.3 Å². The Hall–Kier alpha value is -2.33. The molecule has 1 heterocycles. The minimum Gasteiger partial charge on any atom is -0.496 e. The highest BCUT2D eigenvalue weighted by Crippen LogP contribution is 2.36. The first-order chi connectivity index (χ1) is 10.2. The molecule has 3 aromatic rings. The van der Waals surface area contributed by atoms with E-state index >= 15 is 0 Å². The first kappa shape index (κ1) is 13.6. The summed E-state index contributed by atoms with van der Waals surface area (Å²) in [7, 11) is 1.59. The lowest BCUT2D eigenvalue weighted by Gasteiger charge is -2.09. The van der Waals surface area contributed by atoms with Gasteiger partial charge in [0.25, 0.3) is 0 Å². The molecule has 108 valence electrons. The smallest absolute Gasteiger partial charge is 0.142 e. The molecule has 0 atom stereocenters. The molecule has 2 N–H and O–H groups in total. The molecular weight excluding hydrogens is 269 g/mol. The first-order valence-corrected chi connectivity index (χ1v) is 6.78.